The lowest BCUT2D eigenvalue weighted by atomic mass is 9.86. The van der Waals surface area contributed by atoms with E-state index in [-0.39, 0.29) is 35.5 Å². The number of esters is 1. The number of aromatic nitrogens is 3. The number of unbranched alkanes of at least 4 members (excludes halogenated alkanes) is 1. The lowest BCUT2D eigenvalue weighted by Crippen LogP contribution is -2.60. The van der Waals surface area contributed by atoms with Crippen molar-refractivity contribution < 1.29 is 23.5 Å². The summed E-state index contributed by atoms with van der Waals surface area (Å²) < 4.78 is 16.6. The minimum absolute atomic E-state index is 0.0654. The van der Waals surface area contributed by atoms with Crippen LogP contribution in [0, 0.1) is 5.92 Å². The van der Waals surface area contributed by atoms with E-state index in [0.29, 0.717) is 37.3 Å². The number of carbonyl (C=O) groups excluding carboxylic acids is 2. The van der Waals surface area contributed by atoms with Gasteiger partial charge in [0.1, 0.15) is 6.26 Å². The zero-order chi connectivity index (χ0) is 24.7. The highest BCUT2D eigenvalue weighted by Gasteiger charge is 2.39. The van der Waals surface area contributed by atoms with Crippen LogP contribution in [-0.4, -0.2) is 65.8 Å². The second-order valence-corrected chi connectivity index (χ2v) is 8.80. The molecule has 34 heavy (non-hydrogen) atoms. The summed E-state index contributed by atoms with van der Waals surface area (Å²) in [6.07, 6.45) is 5.17. The van der Waals surface area contributed by atoms with Crippen molar-refractivity contribution in [3.63, 3.8) is 0 Å². The lowest BCUT2D eigenvalue weighted by molar-refractivity contribution is 0.0319. The van der Waals surface area contributed by atoms with Crippen LogP contribution in [0.3, 0.4) is 0 Å². The average molecular weight is 496 g/mol. The Hall–Kier alpha value is -2.59. The molecule has 2 aromatic heterocycles. The van der Waals surface area contributed by atoms with Crippen molar-refractivity contribution in [1.82, 2.24) is 20.3 Å². The van der Waals surface area contributed by atoms with Gasteiger partial charge in [0.2, 0.25) is 0 Å². The Morgan fingerprint density at radius 1 is 1.26 bits per heavy atom. The number of halogens is 1. The van der Waals surface area contributed by atoms with Crippen molar-refractivity contribution in [3.05, 3.63) is 28.6 Å². The maximum atomic E-state index is 12.9. The van der Waals surface area contributed by atoms with Crippen LogP contribution in [0.5, 0.6) is 0 Å². The highest BCUT2D eigenvalue weighted by Crippen LogP contribution is 2.28. The first-order valence-electron chi connectivity index (χ1n) is 11.9. The largest absolute Gasteiger partial charge is 0.461 e. The molecule has 1 amide bonds. The van der Waals surface area contributed by atoms with Crippen LogP contribution in [0.15, 0.2) is 10.7 Å². The molecule has 1 aliphatic heterocycles. The molecule has 0 saturated carbocycles. The number of piperidine rings is 1. The minimum atomic E-state index is -0.498. The average Bonchev–Trinajstić information content (AvgIpc) is 3.47. The van der Waals surface area contributed by atoms with Gasteiger partial charge in [-0.05, 0) is 25.2 Å². The standard InChI is InChI=1S/C23H34ClN5O5/c1-5-8-10-33-22(31)16-13-34-23(26-16)29-11-14(9-6-2)18(17(12-29)32-4)27-21(30)20-25-15(7-3)19(24)28-20/h13-14,17-18H,5-12H2,1-4H3,(H,25,28)(H,27,30)/t14?,17-,18+/m0/s1. The number of nitrogens with zero attached hydrogens (tertiary/aromatic N) is 3. The summed E-state index contributed by atoms with van der Waals surface area (Å²) in [5.41, 5.74) is 0.868. The van der Waals surface area contributed by atoms with E-state index in [0.717, 1.165) is 31.4 Å². The number of hydrogen-bond acceptors (Lipinski definition) is 8. The van der Waals surface area contributed by atoms with Crippen molar-refractivity contribution in [2.45, 2.75) is 65.0 Å². The number of rotatable bonds is 11. The van der Waals surface area contributed by atoms with Crippen molar-refractivity contribution in [1.29, 1.82) is 0 Å². The molecular weight excluding hydrogens is 462 g/mol. The van der Waals surface area contributed by atoms with Gasteiger partial charge < -0.3 is 29.1 Å². The number of amides is 1. The fourth-order valence-corrected chi connectivity index (χ4v) is 4.44. The Kier molecular flexibility index (Phi) is 9.35. The predicted molar refractivity (Wildman–Crippen MR) is 127 cm³/mol. The van der Waals surface area contributed by atoms with Gasteiger partial charge in [-0.2, -0.15) is 4.98 Å². The molecule has 3 heterocycles. The minimum Gasteiger partial charge on any atom is -0.461 e. The lowest BCUT2D eigenvalue weighted by Gasteiger charge is -2.42. The third-order valence-electron chi connectivity index (χ3n) is 6.02. The predicted octanol–water partition coefficient (Wildman–Crippen LogP) is 3.62. The van der Waals surface area contributed by atoms with E-state index in [4.69, 9.17) is 25.5 Å². The van der Waals surface area contributed by atoms with Crippen LogP contribution in [-0.2, 0) is 15.9 Å². The Bertz CT molecular complexity index is 961. The molecule has 1 unspecified atom stereocenters. The van der Waals surface area contributed by atoms with E-state index in [1.807, 2.05) is 18.7 Å². The van der Waals surface area contributed by atoms with Gasteiger partial charge in [0, 0.05) is 13.7 Å². The van der Waals surface area contributed by atoms with Crippen LogP contribution in [0.4, 0.5) is 6.01 Å². The SMILES string of the molecule is CCCCOC(=O)c1coc(N2CC(CCC)[C@@H](NC(=O)c3nc(Cl)c(CC)[nH]3)[C@@H](OC)C2)n1. The van der Waals surface area contributed by atoms with E-state index in [2.05, 4.69) is 27.2 Å². The summed E-state index contributed by atoms with van der Waals surface area (Å²) in [5, 5.41) is 3.40. The maximum Gasteiger partial charge on any atom is 0.360 e. The molecule has 0 radical (unpaired) electrons. The molecular formula is C23H34ClN5O5. The highest BCUT2D eigenvalue weighted by atomic mass is 35.5. The Morgan fingerprint density at radius 2 is 2.06 bits per heavy atom. The van der Waals surface area contributed by atoms with Crippen LogP contribution in [0.2, 0.25) is 5.15 Å². The number of aromatic amines is 1. The first-order chi connectivity index (χ1) is 16.4. The normalized spacial score (nSPS) is 20.4. The highest BCUT2D eigenvalue weighted by molar-refractivity contribution is 6.30. The molecule has 1 aliphatic rings. The zero-order valence-electron chi connectivity index (χ0n) is 20.2. The molecule has 0 bridgehead atoms. The molecule has 2 aromatic rings. The summed E-state index contributed by atoms with van der Waals surface area (Å²) in [7, 11) is 1.61. The summed E-state index contributed by atoms with van der Waals surface area (Å²) in [6.45, 7) is 7.43. The first kappa shape index (κ1) is 26.0. The van der Waals surface area contributed by atoms with Gasteiger partial charge in [-0.25, -0.2) is 9.78 Å². The molecule has 0 aromatic carbocycles. The van der Waals surface area contributed by atoms with Crippen molar-refractivity contribution in [2.24, 2.45) is 5.92 Å². The third-order valence-corrected chi connectivity index (χ3v) is 6.34. The summed E-state index contributed by atoms with van der Waals surface area (Å²) >= 11 is 6.11. The zero-order valence-corrected chi connectivity index (χ0v) is 21.0. The fourth-order valence-electron chi connectivity index (χ4n) is 4.17. The Balaban J connectivity index is 1.72. The van der Waals surface area contributed by atoms with Crippen LogP contribution >= 0.6 is 11.6 Å². The first-order valence-corrected chi connectivity index (χ1v) is 12.2. The number of nitrogens with one attached hydrogen (secondary N) is 2. The molecule has 0 aliphatic carbocycles. The van der Waals surface area contributed by atoms with Gasteiger partial charge in [-0.15, -0.1) is 0 Å². The van der Waals surface area contributed by atoms with E-state index in [9.17, 15) is 9.59 Å². The Labute approximate surface area is 204 Å². The molecule has 10 nitrogen and oxygen atoms in total. The monoisotopic (exact) mass is 495 g/mol. The van der Waals surface area contributed by atoms with Gasteiger partial charge in [-0.1, -0.05) is 45.2 Å². The van der Waals surface area contributed by atoms with E-state index >= 15 is 0 Å². The van der Waals surface area contributed by atoms with Crippen molar-refractivity contribution >= 4 is 29.5 Å². The fraction of sp³-hybridized carbons (Fsp3) is 0.652. The van der Waals surface area contributed by atoms with Crippen LogP contribution in [0.25, 0.3) is 0 Å². The number of aryl methyl sites for hydroxylation is 1. The van der Waals surface area contributed by atoms with E-state index in [1.165, 1.54) is 6.26 Å². The molecule has 11 heteroatoms. The maximum absolute atomic E-state index is 12.9. The van der Waals surface area contributed by atoms with Crippen LogP contribution in [0.1, 0.15) is 73.3 Å². The number of carbonyl (C=O) groups is 2. The molecule has 0 spiro atoms. The molecule has 2 N–H and O–H groups in total. The van der Waals surface area contributed by atoms with Gasteiger partial charge in [-0.3, -0.25) is 4.79 Å². The molecule has 1 saturated heterocycles. The number of hydrogen-bond donors (Lipinski definition) is 2. The van der Waals surface area contributed by atoms with Crippen molar-refractivity contribution in [2.75, 3.05) is 31.7 Å². The molecule has 3 atom stereocenters. The third kappa shape index (κ3) is 6.09. The number of imidazole rings is 1. The van der Waals surface area contributed by atoms with Gasteiger partial charge in [0.05, 0.1) is 31.0 Å². The number of methoxy groups -OCH3 is 1. The number of ether oxygens (including phenoxy) is 2. The van der Waals surface area contributed by atoms with Crippen molar-refractivity contribution in [3.8, 4) is 0 Å². The van der Waals surface area contributed by atoms with Gasteiger partial charge in [0.15, 0.2) is 16.7 Å². The Morgan fingerprint density at radius 3 is 2.71 bits per heavy atom. The smallest absolute Gasteiger partial charge is 0.360 e. The van der Waals surface area contributed by atoms with E-state index in [1.54, 1.807) is 7.11 Å². The molecule has 188 valence electrons. The molecule has 3 rings (SSSR count). The second-order valence-electron chi connectivity index (χ2n) is 8.44. The van der Waals surface area contributed by atoms with Crippen LogP contribution < -0.4 is 10.2 Å². The number of H-pyrrole nitrogens is 1. The molecule has 1 fully saturated rings. The summed E-state index contributed by atoms with van der Waals surface area (Å²) in [5.74, 6) is -0.567. The summed E-state index contributed by atoms with van der Waals surface area (Å²) in [4.78, 5) is 38.6. The quantitative estimate of drug-likeness (QED) is 0.358. The summed E-state index contributed by atoms with van der Waals surface area (Å²) in [6, 6.07) is 0.0943. The second kappa shape index (κ2) is 12.2. The topological polar surface area (TPSA) is 123 Å². The number of anilines is 1. The van der Waals surface area contributed by atoms with E-state index < -0.39 is 5.97 Å². The number of oxazole rings is 1. The van der Waals surface area contributed by atoms with Gasteiger partial charge in [0.25, 0.3) is 11.9 Å². The van der Waals surface area contributed by atoms with Gasteiger partial charge >= 0.3 is 5.97 Å².